The van der Waals surface area contributed by atoms with Crippen molar-refractivity contribution in [2.75, 3.05) is 39.5 Å². The first-order chi connectivity index (χ1) is 14.0. The molecule has 2 heterocycles. The molecule has 164 valence electrons. The molecule has 0 aromatic carbocycles. The molecule has 0 saturated carbocycles. The van der Waals surface area contributed by atoms with Crippen LogP contribution in [-0.4, -0.2) is 100 Å². The molecule has 1 saturated heterocycles. The average Bonchev–Trinajstić information content (AvgIpc) is 2.73. The van der Waals surface area contributed by atoms with E-state index in [9.17, 15) is 25.2 Å². The van der Waals surface area contributed by atoms with Crippen molar-refractivity contribution in [1.82, 2.24) is 9.88 Å². The van der Waals surface area contributed by atoms with Crippen molar-refractivity contribution in [2.45, 2.75) is 50.1 Å². The highest BCUT2D eigenvalue weighted by Crippen LogP contribution is 2.14. The minimum absolute atomic E-state index is 0.122. The summed E-state index contributed by atoms with van der Waals surface area (Å²) < 4.78 is 11.1. The number of aliphatic hydroxyl groups is 4. The lowest BCUT2D eigenvalue weighted by molar-refractivity contribution is -0.152. The second-order valence-corrected chi connectivity index (χ2v) is 7.19. The van der Waals surface area contributed by atoms with Gasteiger partial charge < -0.3 is 34.8 Å². The van der Waals surface area contributed by atoms with E-state index in [1.54, 1.807) is 24.5 Å². The van der Waals surface area contributed by atoms with Gasteiger partial charge in [0.25, 0.3) is 0 Å². The number of hydrogen-bond donors (Lipinski definition) is 4. The molecule has 1 aliphatic rings. The maximum atomic E-state index is 12.8. The largest absolute Gasteiger partial charge is 0.394 e. The van der Waals surface area contributed by atoms with Crippen LogP contribution in [0.3, 0.4) is 0 Å². The van der Waals surface area contributed by atoms with E-state index < -0.39 is 31.0 Å². The van der Waals surface area contributed by atoms with E-state index in [4.69, 9.17) is 9.47 Å². The Labute approximate surface area is 170 Å². The molecule has 1 amide bonds. The van der Waals surface area contributed by atoms with Crippen molar-refractivity contribution in [3.63, 3.8) is 0 Å². The number of ether oxygens (including phenoxy) is 2. The summed E-state index contributed by atoms with van der Waals surface area (Å²) in [6.45, 7) is 0.905. The average molecular weight is 412 g/mol. The Bertz CT molecular complexity index is 589. The Hall–Kier alpha value is -1.62. The summed E-state index contributed by atoms with van der Waals surface area (Å²) in [5.74, 6) is -0.212. The lowest BCUT2D eigenvalue weighted by Crippen LogP contribution is -2.52. The Kier molecular flexibility index (Phi) is 10.5. The van der Waals surface area contributed by atoms with Gasteiger partial charge in [0, 0.05) is 45.3 Å². The van der Waals surface area contributed by atoms with Crippen molar-refractivity contribution in [2.24, 2.45) is 0 Å². The summed E-state index contributed by atoms with van der Waals surface area (Å²) in [4.78, 5) is 18.2. The first kappa shape index (κ1) is 23.7. The topological polar surface area (TPSA) is 133 Å². The van der Waals surface area contributed by atoms with Crippen LogP contribution < -0.4 is 0 Å². The summed E-state index contributed by atoms with van der Waals surface area (Å²) in [6, 6.07) is 3.54. The van der Waals surface area contributed by atoms with Crippen LogP contribution in [0.5, 0.6) is 0 Å². The molecular formula is C20H32N2O7. The number of carbonyl (C=O) groups excluding carboxylic acids is 1. The van der Waals surface area contributed by atoms with Gasteiger partial charge in [-0.2, -0.15) is 0 Å². The maximum absolute atomic E-state index is 12.8. The minimum atomic E-state index is -1.45. The summed E-state index contributed by atoms with van der Waals surface area (Å²) in [7, 11) is 0. The molecule has 29 heavy (non-hydrogen) atoms. The minimum Gasteiger partial charge on any atom is -0.394 e. The van der Waals surface area contributed by atoms with Gasteiger partial charge in [0.15, 0.2) is 0 Å². The van der Waals surface area contributed by atoms with Crippen LogP contribution in [0.4, 0.5) is 0 Å². The highest BCUT2D eigenvalue weighted by molar-refractivity contribution is 5.78. The van der Waals surface area contributed by atoms with Gasteiger partial charge >= 0.3 is 0 Å². The fraction of sp³-hybridized carbons (Fsp3) is 0.700. The van der Waals surface area contributed by atoms with E-state index >= 15 is 0 Å². The summed E-state index contributed by atoms with van der Waals surface area (Å²) in [5, 5.41) is 40.3. The number of aromatic nitrogens is 1. The number of hydrogen-bond acceptors (Lipinski definition) is 8. The Morgan fingerprint density at radius 1 is 1.24 bits per heavy atom. The van der Waals surface area contributed by atoms with Crippen molar-refractivity contribution in [1.29, 1.82) is 0 Å². The standard InChI is InChI=1S/C20H32N2O7/c23-14-17(25)20-19(27)16(24)13-22(7-4-9-28-8-1-2-10-29-20)18(26)11-15-5-3-6-21-12-15/h3,5-6,12,16-17,19-20,23-25,27H,1-2,4,7-11,13-14H2/t16-,17-,19-,20-/m1/s1. The van der Waals surface area contributed by atoms with Crippen molar-refractivity contribution >= 4 is 5.91 Å². The highest BCUT2D eigenvalue weighted by Gasteiger charge is 2.34. The van der Waals surface area contributed by atoms with Crippen LogP contribution in [-0.2, 0) is 20.7 Å². The van der Waals surface area contributed by atoms with E-state index in [1.807, 2.05) is 0 Å². The number of amides is 1. The fourth-order valence-electron chi connectivity index (χ4n) is 3.19. The van der Waals surface area contributed by atoms with E-state index in [-0.39, 0.29) is 25.5 Å². The Morgan fingerprint density at radius 2 is 2.00 bits per heavy atom. The molecule has 0 bridgehead atoms. The van der Waals surface area contributed by atoms with Crippen molar-refractivity contribution < 1.29 is 34.7 Å². The zero-order valence-corrected chi connectivity index (χ0v) is 16.6. The lowest BCUT2D eigenvalue weighted by atomic mass is 10.0. The molecule has 0 spiro atoms. The third kappa shape index (κ3) is 7.96. The molecule has 2 rings (SSSR count). The zero-order chi connectivity index (χ0) is 21.1. The van der Waals surface area contributed by atoms with Crippen LogP contribution in [0, 0.1) is 0 Å². The molecule has 1 aromatic rings. The van der Waals surface area contributed by atoms with Gasteiger partial charge in [-0.25, -0.2) is 0 Å². The normalized spacial score (nSPS) is 26.5. The molecular weight excluding hydrogens is 380 g/mol. The summed E-state index contributed by atoms with van der Waals surface area (Å²) in [5.41, 5.74) is 0.750. The van der Waals surface area contributed by atoms with E-state index in [2.05, 4.69) is 4.98 Å². The van der Waals surface area contributed by atoms with Crippen molar-refractivity contribution in [3.8, 4) is 0 Å². The van der Waals surface area contributed by atoms with E-state index in [1.165, 1.54) is 4.90 Å². The molecule has 0 aliphatic carbocycles. The quantitative estimate of drug-likeness (QED) is 0.501. The van der Waals surface area contributed by atoms with Gasteiger partial charge in [-0.15, -0.1) is 0 Å². The van der Waals surface area contributed by atoms with Gasteiger partial charge in [0.2, 0.25) is 5.91 Å². The first-order valence-electron chi connectivity index (χ1n) is 10.0. The first-order valence-corrected chi connectivity index (χ1v) is 10.0. The van der Waals surface area contributed by atoms with Gasteiger partial charge in [-0.1, -0.05) is 6.07 Å². The molecule has 0 unspecified atom stereocenters. The second-order valence-electron chi connectivity index (χ2n) is 7.19. The van der Waals surface area contributed by atoms with E-state index in [0.29, 0.717) is 32.6 Å². The number of pyridine rings is 1. The van der Waals surface area contributed by atoms with Crippen LogP contribution in [0.25, 0.3) is 0 Å². The Morgan fingerprint density at radius 3 is 2.72 bits per heavy atom. The highest BCUT2D eigenvalue weighted by atomic mass is 16.5. The SMILES string of the molecule is O=C(Cc1cccnc1)N1CCCOCCCCO[C@H]([C@H](O)CO)[C@H](O)[C@H](O)C1. The number of nitrogens with zero attached hydrogens (tertiary/aromatic N) is 2. The summed E-state index contributed by atoms with van der Waals surface area (Å²) in [6.07, 6.45) is 0.0533. The van der Waals surface area contributed by atoms with Crippen molar-refractivity contribution in [3.05, 3.63) is 30.1 Å². The maximum Gasteiger partial charge on any atom is 0.227 e. The van der Waals surface area contributed by atoms with E-state index in [0.717, 1.165) is 12.0 Å². The fourth-order valence-corrected chi connectivity index (χ4v) is 3.19. The third-order valence-corrected chi connectivity index (χ3v) is 4.85. The molecule has 4 N–H and O–H groups in total. The summed E-state index contributed by atoms with van der Waals surface area (Å²) >= 11 is 0. The van der Waals surface area contributed by atoms with Gasteiger partial charge in [-0.3, -0.25) is 9.78 Å². The molecule has 9 nitrogen and oxygen atoms in total. The van der Waals surface area contributed by atoms with Gasteiger partial charge in [0.1, 0.15) is 24.4 Å². The van der Waals surface area contributed by atoms with Gasteiger partial charge in [-0.05, 0) is 30.9 Å². The predicted molar refractivity (Wildman–Crippen MR) is 104 cm³/mol. The second kappa shape index (κ2) is 12.8. The molecule has 1 aromatic heterocycles. The number of β-amino-alcohol motifs (C(OH)–C–C–N with tert-alkyl or cyclic N) is 1. The molecule has 0 radical (unpaired) electrons. The van der Waals surface area contributed by atoms with Crippen LogP contribution in [0.2, 0.25) is 0 Å². The molecule has 9 heteroatoms. The van der Waals surface area contributed by atoms with Crippen LogP contribution >= 0.6 is 0 Å². The third-order valence-electron chi connectivity index (χ3n) is 4.85. The molecule has 4 atom stereocenters. The Balaban J connectivity index is 2.09. The number of carbonyl (C=O) groups is 1. The van der Waals surface area contributed by atoms with Crippen LogP contribution in [0.15, 0.2) is 24.5 Å². The number of rotatable bonds is 4. The van der Waals surface area contributed by atoms with Crippen LogP contribution in [0.1, 0.15) is 24.8 Å². The predicted octanol–water partition coefficient (Wildman–Crippen LogP) is -0.887. The molecule has 1 aliphatic heterocycles. The lowest BCUT2D eigenvalue weighted by Gasteiger charge is -2.33. The van der Waals surface area contributed by atoms with Gasteiger partial charge in [0.05, 0.1) is 13.0 Å². The zero-order valence-electron chi connectivity index (χ0n) is 16.6. The molecule has 1 fully saturated rings. The monoisotopic (exact) mass is 412 g/mol. The number of aliphatic hydroxyl groups excluding tert-OH is 4. The smallest absolute Gasteiger partial charge is 0.227 e.